The standard InChI is InChI=1S/C30H25FI2N2O2S/c31-24-12-6-4-10-20(24)18-37-28-21(14-22(32)15-25(28)33)17-35-30-27(23-11-5-7-13-26(23)38-30)29(36)34-16-19-8-2-1-3-9-19/h1-4,6,8-10,12,14-15,17H,5,7,11,13,16,18H2,(H,34,36). The Balaban J connectivity index is 1.44. The molecule has 4 aromatic rings. The predicted octanol–water partition coefficient (Wildman–Crippen LogP) is 8.23. The summed E-state index contributed by atoms with van der Waals surface area (Å²) in [5.74, 6) is 0.265. The number of hydrogen-bond acceptors (Lipinski definition) is 4. The second-order valence-corrected chi connectivity index (χ2v) is 12.5. The minimum absolute atomic E-state index is 0.0892. The topological polar surface area (TPSA) is 50.7 Å². The number of amides is 1. The Morgan fingerprint density at radius 2 is 1.82 bits per heavy atom. The van der Waals surface area contributed by atoms with E-state index in [1.54, 1.807) is 35.8 Å². The Kier molecular flexibility index (Phi) is 9.11. The van der Waals surface area contributed by atoms with Crippen LogP contribution in [-0.4, -0.2) is 12.1 Å². The maximum atomic E-state index is 14.2. The maximum Gasteiger partial charge on any atom is 0.254 e. The highest BCUT2D eigenvalue weighted by molar-refractivity contribution is 14.1. The van der Waals surface area contributed by atoms with Crippen LogP contribution in [-0.2, 0) is 26.0 Å². The van der Waals surface area contributed by atoms with Gasteiger partial charge in [0.15, 0.2) is 0 Å². The number of carbonyl (C=O) groups excluding carboxylic acids is 1. The van der Waals surface area contributed by atoms with E-state index in [0.29, 0.717) is 23.4 Å². The number of hydrogen-bond donors (Lipinski definition) is 1. The minimum atomic E-state index is -0.293. The highest BCUT2D eigenvalue weighted by Crippen LogP contribution is 2.40. The summed E-state index contributed by atoms with van der Waals surface area (Å²) >= 11 is 6.11. The van der Waals surface area contributed by atoms with Crippen molar-refractivity contribution in [2.75, 3.05) is 0 Å². The highest BCUT2D eigenvalue weighted by Gasteiger charge is 2.25. The van der Waals surface area contributed by atoms with E-state index in [2.05, 4.69) is 50.5 Å². The molecular formula is C30H25FI2N2O2S. The zero-order chi connectivity index (χ0) is 26.5. The fourth-order valence-electron chi connectivity index (χ4n) is 4.47. The van der Waals surface area contributed by atoms with Crippen molar-refractivity contribution < 1.29 is 13.9 Å². The van der Waals surface area contributed by atoms with Gasteiger partial charge < -0.3 is 10.1 Å². The van der Waals surface area contributed by atoms with Crippen LogP contribution in [0.1, 0.15) is 50.3 Å². The molecule has 4 nitrogen and oxygen atoms in total. The first-order valence-corrected chi connectivity index (χ1v) is 15.3. The number of aryl methyl sites for hydroxylation is 1. The van der Waals surface area contributed by atoms with Crippen LogP contribution in [0, 0.1) is 13.0 Å². The summed E-state index contributed by atoms with van der Waals surface area (Å²) in [6, 6.07) is 20.5. The molecule has 1 heterocycles. The molecule has 0 radical (unpaired) electrons. The second-order valence-electron chi connectivity index (χ2n) is 9.00. The fraction of sp³-hybridized carbons (Fsp3) is 0.200. The van der Waals surface area contributed by atoms with Crippen LogP contribution in [0.5, 0.6) is 5.75 Å². The maximum absolute atomic E-state index is 14.2. The summed E-state index contributed by atoms with van der Waals surface area (Å²) in [6.45, 7) is 0.584. The third kappa shape index (κ3) is 6.45. The van der Waals surface area contributed by atoms with Gasteiger partial charge in [-0.15, -0.1) is 11.3 Å². The fourth-order valence-corrected chi connectivity index (χ4v) is 7.74. The van der Waals surface area contributed by atoms with Gasteiger partial charge in [0.25, 0.3) is 5.91 Å². The van der Waals surface area contributed by atoms with Crippen LogP contribution in [0.3, 0.4) is 0 Å². The van der Waals surface area contributed by atoms with E-state index in [-0.39, 0.29) is 18.3 Å². The molecule has 194 valence electrons. The van der Waals surface area contributed by atoms with Crippen molar-refractivity contribution in [3.63, 3.8) is 0 Å². The van der Waals surface area contributed by atoms with Gasteiger partial charge >= 0.3 is 0 Å². The van der Waals surface area contributed by atoms with Crippen molar-refractivity contribution in [1.29, 1.82) is 0 Å². The van der Waals surface area contributed by atoms with E-state index < -0.39 is 0 Å². The lowest BCUT2D eigenvalue weighted by Gasteiger charge is -2.13. The summed E-state index contributed by atoms with van der Waals surface area (Å²) in [6.07, 6.45) is 5.85. The van der Waals surface area contributed by atoms with Gasteiger partial charge in [0.05, 0.1) is 9.13 Å². The SMILES string of the molecule is O=C(NCc1ccccc1)c1c(N=Cc2cc(I)cc(I)c2OCc2ccccc2F)sc2c1CCCC2. The highest BCUT2D eigenvalue weighted by atomic mass is 127. The number of nitrogens with zero attached hydrogens (tertiary/aromatic N) is 1. The molecule has 0 unspecified atom stereocenters. The smallest absolute Gasteiger partial charge is 0.254 e. The monoisotopic (exact) mass is 750 g/mol. The molecule has 0 fully saturated rings. The molecule has 8 heteroatoms. The van der Waals surface area contributed by atoms with Crippen molar-refractivity contribution in [2.24, 2.45) is 4.99 Å². The number of aliphatic imine (C=N–C) groups is 1. The van der Waals surface area contributed by atoms with E-state index >= 15 is 0 Å². The van der Waals surface area contributed by atoms with Gasteiger partial charge in [-0.1, -0.05) is 48.5 Å². The van der Waals surface area contributed by atoms with E-state index in [9.17, 15) is 9.18 Å². The lowest BCUT2D eigenvalue weighted by molar-refractivity contribution is 0.0951. The van der Waals surface area contributed by atoms with Gasteiger partial charge in [0, 0.05) is 32.3 Å². The summed E-state index contributed by atoms with van der Waals surface area (Å²) in [5.41, 5.74) is 4.16. The zero-order valence-corrected chi connectivity index (χ0v) is 25.6. The number of benzene rings is 3. The van der Waals surface area contributed by atoms with E-state index in [4.69, 9.17) is 9.73 Å². The Labute approximate surface area is 253 Å². The summed E-state index contributed by atoms with van der Waals surface area (Å²) in [7, 11) is 0. The predicted molar refractivity (Wildman–Crippen MR) is 168 cm³/mol. The number of carbonyl (C=O) groups is 1. The first-order valence-electron chi connectivity index (χ1n) is 12.4. The van der Waals surface area contributed by atoms with Crippen molar-refractivity contribution in [3.05, 3.63) is 112 Å². The Morgan fingerprint density at radius 3 is 2.63 bits per heavy atom. The van der Waals surface area contributed by atoms with E-state index in [1.165, 1.54) is 10.9 Å². The summed E-state index contributed by atoms with van der Waals surface area (Å²) < 4.78 is 22.2. The number of rotatable bonds is 8. The lowest BCUT2D eigenvalue weighted by atomic mass is 9.95. The molecule has 0 bridgehead atoms. The summed E-state index contributed by atoms with van der Waals surface area (Å²) in [4.78, 5) is 19.5. The largest absolute Gasteiger partial charge is 0.487 e. The number of thiophene rings is 1. The molecule has 0 aliphatic heterocycles. The minimum Gasteiger partial charge on any atom is -0.487 e. The molecule has 5 rings (SSSR count). The first kappa shape index (κ1) is 27.3. The van der Waals surface area contributed by atoms with Crippen molar-refractivity contribution in [2.45, 2.75) is 38.8 Å². The van der Waals surface area contributed by atoms with Crippen LogP contribution >= 0.6 is 56.5 Å². The molecular weight excluding hydrogens is 725 g/mol. The van der Waals surface area contributed by atoms with Gasteiger partial charge in [0.1, 0.15) is 23.2 Å². The second kappa shape index (κ2) is 12.7. The van der Waals surface area contributed by atoms with Crippen LogP contribution in [0.2, 0.25) is 0 Å². The van der Waals surface area contributed by atoms with Crippen molar-refractivity contribution in [3.8, 4) is 5.75 Å². The molecule has 1 aliphatic carbocycles. The average Bonchev–Trinajstić information content (AvgIpc) is 3.30. The molecule has 1 aromatic heterocycles. The van der Waals surface area contributed by atoms with E-state index in [1.807, 2.05) is 42.5 Å². The van der Waals surface area contributed by atoms with Gasteiger partial charge in [-0.2, -0.15) is 0 Å². The summed E-state index contributed by atoms with van der Waals surface area (Å²) in [5, 5.41) is 3.81. The van der Waals surface area contributed by atoms with Gasteiger partial charge in [-0.3, -0.25) is 4.79 Å². The Bertz CT molecular complexity index is 1490. The average molecular weight is 750 g/mol. The molecule has 3 aromatic carbocycles. The molecule has 0 spiro atoms. The van der Waals surface area contributed by atoms with E-state index in [0.717, 1.165) is 54.5 Å². The number of fused-ring (bicyclic) bond motifs is 1. The van der Waals surface area contributed by atoms with Crippen LogP contribution in [0.15, 0.2) is 71.7 Å². The molecule has 0 saturated heterocycles. The molecule has 1 amide bonds. The molecule has 0 saturated carbocycles. The Morgan fingerprint density at radius 1 is 1.05 bits per heavy atom. The molecule has 38 heavy (non-hydrogen) atoms. The van der Waals surface area contributed by atoms with Crippen molar-refractivity contribution in [1.82, 2.24) is 5.32 Å². The van der Waals surface area contributed by atoms with Gasteiger partial charge in [-0.05, 0) is 100 Å². The lowest BCUT2D eigenvalue weighted by Crippen LogP contribution is -2.24. The van der Waals surface area contributed by atoms with Crippen molar-refractivity contribution >= 4 is 73.6 Å². The number of ether oxygens (including phenoxy) is 1. The van der Waals surface area contributed by atoms with Crippen LogP contribution in [0.4, 0.5) is 9.39 Å². The van der Waals surface area contributed by atoms with Crippen LogP contribution < -0.4 is 10.1 Å². The molecule has 1 N–H and O–H groups in total. The molecule has 0 atom stereocenters. The van der Waals surface area contributed by atoms with Crippen LogP contribution in [0.25, 0.3) is 0 Å². The van der Waals surface area contributed by atoms with Gasteiger partial charge in [0.2, 0.25) is 0 Å². The third-order valence-electron chi connectivity index (χ3n) is 6.36. The molecule has 1 aliphatic rings. The van der Waals surface area contributed by atoms with Gasteiger partial charge in [-0.25, -0.2) is 9.38 Å². The third-order valence-corrected chi connectivity index (χ3v) is 8.99. The zero-order valence-electron chi connectivity index (χ0n) is 20.5. The first-order chi connectivity index (χ1) is 18.5. The number of halogens is 3. The Hall–Kier alpha value is -2.31. The quantitative estimate of drug-likeness (QED) is 0.146. The number of nitrogens with one attached hydrogen (secondary N) is 1. The normalized spacial score (nSPS) is 12.9.